The molecule has 0 aliphatic heterocycles. The Morgan fingerprint density at radius 1 is 1.26 bits per heavy atom. The predicted octanol–water partition coefficient (Wildman–Crippen LogP) is 3.48. The third-order valence-electron chi connectivity index (χ3n) is 3.62. The summed E-state index contributed by atoms with van der Waals surface area (Å²) in [4.78, 5) is 19.7. The summed E-state index contributed by atoms with van der Waals surface area (Å²) >= 11 is 6.25. The highest BCUT2D eigenvalue weighted by Gasteiger charge is 2.12. The van der Waals surface area contributed by atoms with Crippen molar-refractivity contribution >= 4 is 41.4 Å². The number of carboxylic acid groups (broad SMARTS) is 1. The second-order valence-electron chi connectivity index (χ2n) is 5.59. The van der Waals surface area contributed by atoms with Gasteiger partial charge in [-0.25, -0.2) is 14.8 Å². The summed E-state index contributed by atoms with van der Waals surface area (Å²) in [5.41, 5.74) is 2.11. The fourth-order valence-electron chi connectivity index (χ4n) is 2.30. The average Bonchev–Trinajstić information content (AvgIpc) is 3.06. The van der Waals surface area contributed by atoms with Crippen LogP contribution in [0, 0.1) is 0 Å². The van der Waals surface area contributed by atoms with Gasteiger partial charge in [-0.1, -0.05) is 23.8 Å². The Kier molecular flexibility index (Phi) is 5.37. The lowest BCUT2D eigenvalue weighted by Crippen LogP contribution is -1.99. The smallest absolute Gasteiger partial charge is 0.335 e. The number of halogens is 1. The number of ether oxygens (including phenoxy) is 1. The molecule has 3 aromatic rings. The maximum absolute atomic E-state index is 11.2. The molecule has 3 rings (SSSR count). The van der Waals surface area contributed by atoms with E-state index in [2.05, 4.69) is 20.4 Å². The Morgan fingerprint density at radius 3 is 2.59 bits per heavy atom. The number of nitrogens with one attached hydrogen (secondary N) is 1. The average molecular weight is 386 g/mol. The van der Waals surface area contributed by atoms with Crippen molar-refractivity contribution in [2.45, 2.75) is 0 Å². The van der Waals surface area contributed by atoms with Gasteiger partial charge >= 0.3 is 5.97 Å². The molecule has 2 N–H and O–H groups in total. The molecule has 2 aromatic heterocycles. The Bertz CT molecular complexity index is 999. The van der Waals surface area contributed by atoms with Crippen molar-refractivity contribution in [1.82, 2.24) is 19.7 Å². The zero-order valence-corrected chi connectivity index (χ0v) is 15.3. The standard InChI is InChI=1S/C18H16ClN5O3/c1-24-10-14(9-22-24)23-18-20-7-11(8-21-18)3-4-12-5-13(17(25)26)6-15(27-2)16(12)19/h3-10H,1-2H3,(H,25,26)(H,20,21,23)/b4-3+. The topological polar surface area (TPSA) is 102 Å². The molecule has 0 bridgehead atoms. The van der Waals surface area contributed by atoms with Crippen molar-refractivity contribution < 1.29 is 14.6 Å². The normalized spacial score (nSPS) is 10.9. The molecule has 2 heterocycles. The first-order valence-electron chi connectivity index (χ1n) is 7.83. The number of anilines is 2. The third kappa shape index (κ3) is 4.42. The summed E-state index contributed by atoms with van der Waals surface area (Å²) in [5, 5.41) is 16.6. The first kappa shape index (κ1) is 18.4. The number of hydrogen-bond donors (Lipinski definition) is 2. The molecule has 8 nitrogen and oxygen atoms in total. The van der Waals surface area contributed by atoms with Crippen LogP contribution in [0.2, 0.25) is 5.02 Å². The monoisotopic (exact) mass is 385 g/mol. The Hall–Kier alpha value is -3.39. The van der Waals surface area contributed by atoms with Gasteiger partial charge in [0.25, 0.3) is 0 Å². The van der Waals surface area contributed by atoms with E-state index in [0.29, 0.717) is 22.3 Å². The van der Waals surface area contributed by atoms with Crippen molar-refractivity contribution in [2.24, 2.45) is 7.05 Å². The van der Waals surface area contributed by atoms with Crippen LogP contribution in [-0.2, 0) is 7.05 Å². The SMILES string of the molecule is COc1cc(C(=O)O)cc(/C=C/c2cnc(Nc3cnn(C)c3)nc2)c1Cl. The number of nitrogens with zero attached hydrogens (tertiary/aromatic N) is 4. The molecular formula is C18H16ClN5O3. The minimum Gasteiger partial charge on any atom is -0.495 e. The van der Waals surface area contributed by atoms with Crippen molar-refractivity contribution in [3.05, 3.63) is 58.6 Å². The molecule has 1 aromatic carbocycles. The third-order valence-corrected chi connectivity index (χ3v) is 4.03. The molecule has 0 radical (unpaired) electrons. The highest BCUT2D eigenvalue weighted by atomic mass is 35.5. The summed E-state index contributed by atoms with van der Waals surface area (Å²) in [6, 6.07) is 2.85. The lowest BCUT2D eigenvalue weighted by molar-refractivity contribution is 0.0696. The van der Waals surface area contributed by atoms with Gasteiger partial charge in [0.05, 0.1) is 29.6 Å². The maximum Gasteiger partial charge on any atom is 0.335 e. The Labute approximate surface area is 160 Å². The van der Waals surface area contributed by atoms with E-state index in [4.69, 9.17) is 16.3 Å². The number of methoxy groups -OCH3 is 1. The van der Waals surface area contributed by atoms with Gasteiger partial charge in [0, 0.05) is 31.2 Å². The van der Waals surface area contributed by atoms with Gasteiger partial charge in [0.1, 0.15) is 5.75 Å². The zero-order valence-electron chi connectivity index (χ0n) is 14.5. The number of carboxylic acids is 1. The maximum atomic E-state index is 11.2. The van der Waals surface area contributed by atoms with Gasteiger partial charge in [0.2, 0.25) is 5.95 Å². The van der Waals surface area contributed by atoms with Crippen LogP contribution in [0.3, 0.4) is 0 Å². The van der Waals surface area contributed by atoms with Crippen LogP contribution in [0.5, 0.6) is 5.75 Å². The largest absolute Gasteiger partial charge is 0.495 e. The molecule has 0 saturated heterocycles. The van der Waals surface area contributed by atoms with E-state index in [1.807, 2.05) is 13.2 Å². The summed E-state index contributed by atoms with van der Waals surface area (Å²) in [6.45, 7) is 0. The molecule has 27 heavy (non-hydrogen) atoms. The van der Waals surface area contributed by atoms with E-state index in [9.17, 15) is 9.90 Å². The Morgan fingerprint density at radius 2 is 2.00 bits per heavy atom. The molecular weight excluding hydrogens is 370 g/mol. The van der Waals surface area contributed by atoms with Crippen LogP contribution in [0.25, 0.3) is 12.2 Å². The zero-order chi connectivity index (χ0) is 19.4. The van der Waals surface area contributed by atoms with E-state index in [1.165, 1.54) is 19.2 Å². The van der Waals surface area contributed by atoms with Gasteiger partial charge in [-0.15, -0.1) is 0 Å². The molecule has 0 saturated carbocycles. The van der Waals surface area contributed by atoms with Crippen LogP contribution >= 0.6 is 11.6 Å². The predicted molar refractivity (Wildman–Crippen MR) is 102 cm³/mol. The summed E-state index contributed by atoms with van der Waals surface area (Å²) in [5.74, 6) is -0.329. The fraction of sp³-hybridized carbons (Fsp3) is 0.111. The molecule has 0 atom stereocenters. The lowest BCUT2D eigenvalue weighted by atomic mass is 10.1. The van der Waals surface area contributed by atoms with Crippen molar-refractivity contribution in [3.8, 4) is 5.75 Å². The molecule has 0 spiro atoms. The second-order valence-corrected chi connectivity index (χ2v) is 5.97. The lowest BCUT2D eigenvalue weighted by Gasteiger charge is -2.08. The molecule has 0 unspecified atom stereocenters. The van der Waals surface area contributed by atoms with Crippen LogP contribution in [0.1, 0.15) is 21.5 Å². The number of rotatable bonds is 6. The van der Waals surface area contributed by atoms with Gasteiger partial charge in [-0.3, -0.25) is 4.68 Å². The first-order valence-corrected chi connectivity index (χ1v) is 8.20. The number of aromatic nitrogens is 4. The van der Waals surface area contributed by atoms with E-state index in [-0.39, 0.29) is 5.56 Å². The molecule has 0 amide bonds. The van der Waals surface area contributed by atoms with E-state index < -0.39 is 5.97 Å². The van der Waals surface area contributed by atoms with E-state index in [1.54, 1.807) is 35.4 Å². The van der Waals surface area contributed by atoms with Crippen molar-refractivity contribution in [2.75, 3.05) is 12.4 Å². The number of aromatic carboxylic acids is 1. The van der Waals surface area contributed by atoms with Crippen molar-refractivity contribution in [1.29, 1.82) is 0 Å². The number of hydrogen-bond acceptors (Lipinski definition) is 6. The van der Waals surface area contributed by atoms with Gasteiger partial charge in [0.15, 0.2) is 0 Å². The van der Waals surface area contributed by atoms with Gasteiger partial charge < -0.3 is 15.2 Å². The van der Waals surface area contributed by atoms with Gasteiger partial charge in [-0.05, 0) is 17.7 Å². The quantitative estimate of drug-likeness (QED) is 0.669. The highest BCUT2D eigenvalue weighted by Crippen LogP contribution is 2.31. The van der Waals surface area contributed by atoms with Gasteiger partial charge in [-0.2, -0.15) is 5.10 Å². The summed E-state index contributed by atoms with van der Waals surface area (Å²) in [6.07, 6.45) is 10.2. The van der Waals surface area contributed by atoms with E-state index in [0.717, 1.165) is 11.3 Å². The summed E-state index contributed by atoms with van der Waals surface area (Å²) < 4.78 is 6.80. The Balaban J connectivity index is 1.79. The molecule has 0 aliphatic rings. The van der Waals surface area contributed by atoms with Crippen LogP contribution in [-0.4, -0.2) is 37.9 Å². The summed E-state index contributed by atoms with van der Waals surface area (Å²) in [7, 11) is 3.25. The highest BCUT2D eigenvalue weighted by molar-refractivity contribution is 6.33. The number of carbonyl (C=O) groups is 1. The minimum atomic E-state index is -1.06. The molecule has 9 heteroatoms. The fourth-order valence-corrected chi connectivity index (χ4v) is 2.55. The minimum absolute atomic E-state index is 0.0863. The number of aryl methyl sites for hydroxylation is 1. The van der Waals surface area contributed by atoms with Crippen LogP contribution < -0.4 is 10.1 Å². The molecule has 0 fully saturated rings. The molecule has 138 valence electrons. The molecule has 0 aliphatic carbocycles. The van der Waals surface area contributed by atoms with Crippen molar-refractivity contribution in [3.63, 3.8) is 0 Å². The number of benzene rings is 1. The van der Waals surface area contributed by atoms with Crippen LogP contribution in [0.4, 0.5) is 11.6 Å². The first-order chi connectivity index (χ1) is 13.0. The second kappa shape index (κ2) is 7.88. The van der Waals surface area contributed by atoms with Crippen LogP contribution in [0.15, 0.2) is 36.9 Å². The van der Waals surface area contributed by atoms with E-state index >= 15 is 0 Å².